The van der Waals surface area contributed by atoms with Crippen molar-refractivity contribution in [3.8, 4) is 39.1 Å². The lowest BCUT2D eigenvalue weighted by atomic mass is 9.60. The third-order valence-corrected chi connectivity index (χ3v) is 12.1. The molecule has 0 bridgehead atoms. The fourth-order valence-corrected chi connectivity index (χ4v) is 9.55. The van der Waals surface area contributed by atoms with Gasteiger partial charge in [0.1, 0.15) is 30.0 Å². The van der Waals surface area contributed by atoms with Gasteiger partial charge in [0.25, 0.3) is 0 Å². The summed E-state index contributed by atoms with van der Waals surface area (Å²) >= 11 is 0. The number of rotatable bonds is 5. The molecule has 5 atom stereocenters. The van der Waals surface area contributed by atoms with Crippen molar-refractivity contribution in [2.24, 2.45) is 10.9 Å². The van der Waals surface area contributed by atoms with E-state index in [9.17, 15) is 0 Å². The Hall–Kier alpha value is -6.75. The summed E-state index contributed by atoms with van der Waals surface area (Å²) in [5.41, 5.74) is 14.3. The molecule has 0 amide bonds. The van der Waals surface area contributed by atoms with Crippen molar-refractivity contribution >= 4 is 5.84 Å². The molecule has 56 heavy (non-hydrogen) atoms. The highest BCUT2D eigenvalue weighted by Gasteiger charge is 2.56. The molecule has 0 saturated carbocycles. The first-order valence-electron chi connectivity index (χ1n) is 19.5. The largest absolute Gasteiger partial charge is 0.485 e. The van der Waals surface area contributed by atoms with Gasteiger partial charge in [0.2, 0.25) is 0 Å². The molecule has 2 N–H and O–H groups in total. The van der Waals surface area contributed by atoms with E-state index < -0.39 is 0 Å². The third-order valence-electron chi connectivity index (χ3n) is 12.1. The van der Waals surface area contributed by atoms with Gasteiger partial charge in [0.15, 0.2) is 0 Å². The minimum atomic E-state index is -0.378. The van der Waals surface area contributed by atoms with Crippen LogP contribution in [0.1, 0.15) is 45.7 Å². The molecule has 4 aliphatic rings. The minimum Gasteiger partial charge on any atom is -0.485 e. The molecule has 1 spiro atoms. The molecule has 2 aliphatic carbocycles. The summed E-state index contributed by atoms with van der Waals surface area (Å²) in [5, 5.41) is 7.51. The summed E-state index contributed by atoms with van der Waals surface area (Å²) < 4.78 is 6.67. The zero-order valence-electron chi connectivity index (χ0n) is 30.7. The van der Waals surface area contributed by atoms with Crippen LogP contribution in [0.5, 0.6) is 5.75 Å². The number of fused-ring (bicyclic) bond motifs is 9. The van der Waals surface area contributed by atoms with Crippen LogP contribution in [0.2, 0.25) is 0 Å². The Balaban J connectivity index is 0.984. The Morgan fingerprint density at radius 3 is 1.93 bits per heavy atom. The number of amidine groups is 1. The van der Waals surface area contributed by atoms with Gasteiger partial charge in [-0.15, -0.1) is 0 Å². The number of benzene rings is 7. The van der Waals surface area contributed by atoms with Gasteiger partial charge in [-0.3, -0.25) is 5.32 Å². The SMILES string of the molecule is C1=CC2Oc3ccccc3C3(c4ccccc4-c4c(-c5ccc(C6=NC(c7ccccc7)NC(c7ccc(-c8ccccc8)cc7)N6)cc5)cccc43)C2C=C1. The summed E-state index contributed by atoms with van der Waals surface area (Å²) in [6.45, 7) is 0. The first-order chi connectivity index (χ1) is 27.8. The number of aliphatic imine (C=N–C) groups is 1. The molecule has 2 aliphatic heterocycles. The second-order valence-corrected chi connectivity index (χ2v) is 15.1. The minimum absolute atomic E-state index is 0.0551. The number of nitrogens with one attached hydrogen (secondary N) is 2. The lowest BCUT2D eigenvalue weighted by molar-refractivity contribution is 0.141. The Kier molecular flexibility index (Phi) is 7.71. The van der Waals surface area contributed by atoms with Crippen LogP contribution in [0.4, 0.5) is 0 Å². The summed E-state index contributed by atoms with van der Waals surface area (Å²) in [6, 6.07) is 63.3. The third kappa shape index (κ3) is 5.14. The molecule has 0 aromatic heterocycles. The average molecular weight is 722 g/mol. The van der Waals surface area contributed by atoms with Crippen LogP contribution in [0.25, 0.3) is 33.4 Å². The molecular weight excluding hydrogens is 683 g/mol. The molecule has 5 unspecified atom stereocenters. The van der Waals surface area contributed by atoms with Crippen molar-refractivity contribution in [3.63, 3.8) is 0 Å². The Morgan fingerprint density at radius 2 is 1.11 bits per heavy atom. The topological polar surface area (TPSA) is 45.6 Å². The van der Waals surface area contributed by atoms with Gasteiger partial charge < -0.3 is 10.1 Å². The van der Waals surface area contributed by atoms with Crippen LogP contribution in [0.15, 0.2) is 205 Å². The predicted octanol–water partition coefficient (Wildman–Crippen LogP) is 11.2. The zero-order valence-corrected chi connectivity index (χ0v) is 30.7. The monoisotopic (exact) mass is 721 g/mol. The number of hydrogen-bond donors (Lipinski definition) is 2. The van der Waals surface area contributed by atoms with Crippen molar-refractivity contribution < 1.29 is 4.74 Å². The maximum atomic E-state index is 6.67. The van der Waals surface area contributed by atoms with Crippen LogP contribution < -0.4 is 15.4 Å². The molecule has 0 fully saturated rings. The number of ether oxygens (including phenoxy) is 1. The molecular formula is C52H39N3O. The Morgan fingerprint density at radius 1 is 0.482 bits per heavy atom. The van der Waals surface area contributed by atoms with Crippen LogP contribution in [0, 0.1) is 5.92 Å². The van der Waals surface area contributed by atoms with Crippen LogP contribution in [-0.2, 0) is 5.41 Å². The number of hydrogen-bond acceptors (Lipinski definition) is 4. The highest BCUT2D eigenvalue weighted by Crippen LogP contribution is 2.63. The lowest BCUT2D eigenvalue weighted by Gasteiger charge is -2.47. The highest BCUT2D eigenvalue weighted by molar-refractivity contribution is 6.01. The van der Waals surface area contributed by atoms with E-state index in [1.165, 1.54) is 50.1 Å². The van der Waals surface area contributed by atoms with E-state index in [1.54, 1.807) is 0 Å². The van der Waals surface area contributed by atoms with Crippen molar-refractivity contribution in [1.29, 1.82) is 0 Å². The molecule has 268 valence electrons. The Bertz CT molecular complexity index is 2680. The van der Waals surface area contributed by atoms with E-state index in [4.69, 9.17) is 9.73 Å². The molecule has 7 aromatic rings. The zero-order chi connectivity index (χ0) is 37.1. The van der Waals surface area contributed by atoms with E-state index in [-0.39, 0.29) is 29.8 Å². The van der Waals surface area contributed by atoms with Gasteiger partial charge in [-0.25, -0.2) is 4.99 Å². The Labute approximate surface area is 327 Å². The van der Waals surface area contributed by atoms with E-state index in [0.29, 0.717) is 0 Å². The average Bonchev–Trinajstić information content (AvgIpc) is 3.58. The van der Waals surface area contributed by atoms with E-state index in [0.717, 1.165) is 28.3 Å². The normalized spacial score (nSPS) is 22.5. The van der Waals surface area contributed by atoms with Gasteiger partial charge in [-0.1, -0.05) is 188 Å². The standard InChI is InChI=1S/C52H39N3O/c1-3-14-34(15-4-1)35-26-30-38(31-27-35)50-53-49(37-16-5-2-6-17-37)54-51(55-50)39-32-28-36(29-33-39)40-19-13-23-45-48(40)41-18-7-8-20-42(41)52(45)43-21-9-11-24-46(43)56-47-25-12-10-22-44(47)52/h1-33,43,46,49-50,53H,(H,54,55). The van der Waals surface area contributed by atoms with Gasteiger partial charge in [-0.2, -0.15) is 0 Å². The molecule has 11 rings (SSSR count). The van der Waals surface area contributed by atoms with Gasteiger partial charge in [-0.05, 0) is 67.8 Å². The maximum Gasteiger partial charge on any atom is 0.131 e. The lowest BCUT2D eigenvalue weighted by Crippen LogP contribution is -2.47. The molecule has 4 nitrogen and oxygen atoms in total. The predicted molar refractivity (Wildman–Crippen MR) is 226 cm³/mol. The van der Waals surface area contributed by atoms with Crippen molar-refractivity contribution in [1.82, 2.24) is 10.6 Å². The first-order valence-corrected chi connectivity index (χ1v) is 19.5. The summed E-state index contributed by atoms with van der Waals surface area (Å²) in [6.07, 6.45) is 8.50. The van der Waals surface area contributed by atoms with Crippen molar-refractivity contribution in [2.45, 2.75) is 23.9 Å². The van der Waals surface area contributed by atoms with Crippen molar-refractivity contribution in [3.05, 3.63) is 234 Å². The summed E-state index contributed by atoms with van der Waals surface area (Å²) in [5.74, 6) is 1.94. The molecule has 0 saturated heterocycles. The molecule has 2 heterocycles. The highest BCUT2D eigenvalue weighted by atomic mass is 16.5. The van der Waals surface area contributed by atoms with E-state index in [2.05, 4.69) is 211 Å². The molecule has 7 aromatic carbocycles. The smallest absolute Gasteiger partial charge is 0.131 e. The molecule has 0 radical (unpaired) electrons. The van der Waals surface area contributed by atoms with Gasteiger partial charge in [0.05, 0.1) is 5.41 Å². The maximum absolute atomic E-state index is 6.67. The van der Waals surface area contributed by atoms with Crippen LogP contribution in [-0.4, -0.2) is 11.9 Å². The van der Waals surface area contributed by atoms with E-state index in [1.807, 2.05) is 0 Å². The van der Waals surface area contributed by atoms with Gasteiger partial charge >= 0.3 is 0 Å². The quantitative estimate of drug-likeness (QED) is 0.186. The van der Waals surface area contributed by atoms with Crippen molar-refractivity contribution in [2.75, 3.05) is 0 Å². The number of para-hydroxylation sites is 1. The van der Waals surface area contributed by atoms with Crippen LogP contribution >= 0.6 is 0 Å². The first kappa shape index (κ1) is 32.7. The van der Waals surface area contributed by atoms with Crippen LogP contribution in [0.3, 0.4) is 0 Å². The summed E-state index contributed by atoms with van der Waals surface area (Å²) in [7, 11) is 0. The number of allylic oxidation sites excluding steroid dienone is 2. The fourth-order valence-electron chi connectivity index (χ4n) is 9.55. The van der Waals surface area contributed by atoms with E-state index >= 15 is 0 Å². The van der Waals surface area contributed by atoms with Gasteiger partial charge in [0, 0.05) is 17.0 Å². The summed E-state index contributed by atoms with van der Waals surface area (Å²) in [4.78, 5) is 5.24. The second-order valence-electron chi connectivity index (χ2n) is 15.1. The fraction of sp³-hybridized carbons (Fsp3) is 0.0962. The number of nitrogens with zero attached hydrogens (tertiary/aromatic N) is 1. The molecule has 4 heteroatoms. The second kappa shape index (κ2) is 13.2.